The van der Waals surface area contributed by atoms with Crippen molar-refractivity contribution in [3.8, 4) is 57.6 Å². The predicted molar refractivity (Wildman–Crippen MR) is 554 cm³/mol. The Kier molecular flexibility index (Phi) is 27.0. The van der Waals surface area contributed by atoms with Crippen LogP contribution in [0.4, 0.5) is 55.4 Å². The zero-order valence-corrected chi connectivity index (χ0v) is 83.5. The summed E-state index contributed by atoms with van der Waals surface area (Å²) in [4.78, 5) is 128. The van der Waals surface area contributed by atoms with Crippen LogP contribution in [-0.4, -0.2) is 283 Å². The van der Waals surface area contributed by atoms with Crippen LogP contribution in [0.25, 0.3) is 85.8 Å². The molecule has 1 amide bonds. The highest BCUT2D eigenvalue weighted by Crippen LogP contribution is 2.43. The molecule has 9 aliphatic heterocycles. The predicted octanol–water partition coefficient (Wildman–Crippen LogP) is 12.6. The molecule has 16 aromatic rings. The van der Waals surface area contributed by atoms with E-state index in [1.54, 1.807) is 41.8 Å². The van der Waals surface area contributed by atoms with Crippen molar-refractivity contribution in [3.63, 3.8) is 0 Å². The number of rotatable bonds is 17. The minimum Gasteiger partial charge on any atom is -0.356 e. The molecule has 8 atom stereocenters. The van der Waals surface area contributed by atoms with Crippen LogP contribution in [0.2, 0.25) is 0 Å². The number of imidazole rings is 5. The number of piperazine rings is 4. The van der Waals surface area contributed by atoms with Gasteiger partial charge < -0.3 is 45.8 Å². The fraction of sp³-hybridized carbons (Fsp3) is 0.347. The van der Waals surface area contributed by atoms with E-state index in [0.29, 0.717) is 77.1 Å². The molecule has 0 aromatic carbocycles. The number of hydrogen-bond donors (Lipinski definition) is 5. The van der Waals surface area contributed by atoms with Gasteiger partial charge in [-0.05, 0) is 122 Å². The van der Waals surface area contributed by atoms with Gasteiger partial charge in [-0.1, -0.05) is 35.9 Å². The summed E-state index contributed by atoms with van der Waals surface area (Å²) in [6.45, 7) is 16.3. The number of anilines is 5. The topological polar surface area (TPSA) is 439 Å². The minimum atomic E-state index is -4.59. The zero-order valence-electron chi connectivity index (χ0n) is 81.1. The van der Waals surface area contributed by atoms with Crippen LogP contribution < -0.4 is 45.8 Å². The minimum absolute atomic E-state index is 0.104. The second-order valence-corrected chi connectivity index (χ2v) is 39.1. The average Bonchev–Trinajstić information content (AvgIpc) is 1.72. The van der Waals surface area contributed by atoms with Crippen LogP contribution in [-0.2, 0) is 17.1 Å². The first-order valence-corrected chi connectivity index (χ1v) is 50.6. The van der Waals surface area contributed by atoms with Crippen molar-refractivity contribution < 1.29 is 31.1 Å². The van der Waals surface area contributed by atoms with Crippen molar-refractivity contribution in [2.45, 2.75) is 132 Å². The molecule has 11 aliphatic rings. The number of allylic oxidation sites excluding steroid dienone is 1. The molecule has 764 valence electrons. The highest BCUT2D eigenvalue weighted by Gasteiger charge is 2.40. The summed E-state index contributed by atoms with van der Waals surface area (Å²) < 4.78 is 87.9. The number of carbonyl (C=O) groups is 1. The third kappa shape index (κ3) is 20.7. The van der Waals surface area contributed by atoms with Gasteiger partial charge in [0.1, 0.15) is 67.3 Å². The molecule has 7 fully saturated rings. The van der Waals surface area contributed by atoms with Crippen molar-refractivity contribution in [3.05, 3.63) is 246 Å². The number of amides is 1. The van der Waals surface area contributed by atoms with Crippen LogP contribution in [0, 0.1) is 5.92 Å². The van der Waals surface area contributed by atoms with Gasteiger partial charge in [0.25, 0.3) is 0 Å². The number of nitrogens with one attached hydrogen (secondary N) is 5. The summed E-state index contributed by atoms with van der Waals surface area (Å²) in [5.74, 6) is 7.74. The molecule has 41 nitrogen and oxygen atoms in total. The molecule has 8 unspecified atom stereocenters. The van der Waals surface area contributed by atoms with Gasteiger partial charge in [-0.15, -0.1) is 0 Å². The lowest BCUT2D eigenvalue weighted by atomic mass is 9.95. The van der Waals surface area contributed by atoms with Crippen LogP contribution in [0.15, 0.2) is 238 Å². The number of alkyl halides is 6. The Labute approximate surface area is 865 Å². The van der Waals surface area contributed by atoms with Crippen LogP contribution in [0.3, 0.4) is 0 Å². The second kappa shape index (κ2) is 41.6. The standard InChI is InChI=1S/C22H24N8.C21H23N9.C20H17ClF3N7.C19H19BrN8.C19H15F3N8O/c1-14-21(16-4-6-23-10-16)24-8-9-29(14)19-5-7-25-22(28-19)18-11-27-20-12-26-17(13-30(18)20)15-2-3-15;1-13-20(15-8-26-27-9-15)29(7-6-22-13)18-4-5-23-21(28-18)17-10-25-19-11-24-16(12-30(17)19)14-2-3-14;21-16-4-3-13(28-16)12-2-1-7-30(10-12)17-5-6-25-19(29-17)14-8-27-18-9-26-15(11-31(14)18)20(22,23)24;1-12-18(13-2-4-21-8-13)22-6-7-27(12)16-3-5-23-19(26-16)14-9-25-17-10-24-15(20)11-28(14)17;20-19(21,22)14-9-30-13(6-26-16(30)7-25-14)18-24-4-2-15(28-18)29-8-12(27-17(31)10-29)11-1-3-23-5-11/h4-5,7,10-15,21,24H,2-3,6,8-9H2,1H3;4-5,8-14,20,22H,2-3,6-7H2,1H3,(H,26,27);3,5-6,8-9,11-12H,1-2,4,7,10H2;2-3,5,8-12,18,22H,4,6-7H2,1H3;1-2,4-7,9,12H,3,8,10H2,(H,27,31). The lowest BCUT2D eigenvalue weighted by Crippen LogP contribution is -2.57. The molecule has 0 bridgehead atoms. The summed E-state index contributed by atoms with van der Waals surface area (Å²) in [7, 11) is 0. The summed E-state index contributed by atoms with van der Waals surface area (Å²) in [5.41, 5.74) is 12.0. The van der Waals surface area contributed by atoms with Gasteiger partial charge >= 0.3 is 12.4 Å². The summed E-state index contributed by atoms with van der Waals surface area (Å²) in [6, 6.07) is 10.6. The SMILES string of the molecule is CC1C(C2=CCN=C2)NCCN1c1ccnc(-c2cnc3cnc(Br)cn23)n1.CC1C(C2=CCN=C2)NCCN1c1ccnc(-c2cnc3cnc(C4CC4)cn23)n1.CC1NCCN(c2ccnc(-c3cnc4cnc(C5CC5)cn34)n2)C1c1cn[nH]c1.FC(F)(F)c1cn2c(-c3nccc(N4CCCC(C5=CCC(Cl)=N5)C4)n3)cnc2cn1.O=C1CN(c2ccnc(-c3cnc4cnc(C(F)(F)F)cn34)n2)CC(C2=CCN=C2)N1. The van der Waals surface area contributed by atoms with Crippen molar-refractivity contribution >= 4 is 115 Å². The van der Waals surface area contributed by atoms with Crippen LogP contribution >= 0.6 is 27.5 Å². The quantitative estimate of drug-likeness (QED) is 0.0529. The number of H-pyrrole nitrogens is 1. The van der Waals surface area contributed by atoms with E-state index in [1.807, 2.05) is 103 Å². The second-order valence-electron chi connectivity index (χ2n) is 37.8. The Bertz CT molecular complexity index is 8020. The lowest BCUT2D eigenvalue weighted by Gasteiger charge is -2.41. The summed E-state index contributed by atoms with van der Waals surface area (Å²) >= 11 is 9.44. The van der Waals surface area contributed by atoms with Gasteiger partial charge in [0.05, 0.1) is 130 Å². The van der Waals surface area contributed by atoms with Gasteiger partial charge in [0, 0.05) is 199 Å². The van der Waals surface area contributed by atoms with Crippen molar-refractivity contribution in [1.29, 1.82) is 0 Å². The highest BCUT2D eigenvalue weighted by molar-refractivity contribution is 9.10. The third-order valence-electron chi connectivity index (χ3n) is 28.1. The first-order chi connectivity index (χ1) is 73.0. The van der Waals surface area contributed by atoms with E-state index in [2.05, 4.69) is 232 Å². The fourth-order valence-corrected chi connectivity index (χ4v) is 20.7. The van der Waals surface area contributed by atoms with Crippen LogP contribution in [0.5, 0.6) is 0 Å². The third-order valence-corrected chi connectivity index (χ3v) is 28.7. The van der Waals surface area contributed by atoms with Gasteiger partial charge in [-0.3, -0.25) is 56.8 Å². The molecular weight excluding hydrogens is 2020 g/mol. The average molecular weight is 2120 g/mol. The van der Waals surface area contributed by atoms with E-state index in [-0.39, 0.29) is 83.5 Å². The number of halogens is 8. The monoisotopic (exact) mass is 2110 g/mol. The number of hydrogen-bond acceptors (Lipinski definition) is 34. The fourth-order valence-electron chi connectivity index (χ4n) is 20.2. The zero-order chi connectivity index (χ0) is 102. The molecule has 2 saturated carbocycles. The first kappa shape index (κ1) is 97.4. The molecule has 150 heavy (non-hydrogen) atoms. The van der Waals surface area contributed by atoms with Gasteiger partial charge in [-0.25, -0.2) is 94.7 Å². The Morgan fingerprint density at radius 3 is 1.28 bits per heavy atom. The molecular formula is C101H98BrClF6N40O. The number of piperidine rings is 1. The molecule has 16 aromatic heterocycles. The Morgan fingerprint density at radius 1 is 0.420 bits per heavy atom. The van der Waals surface area contributed by atoms with E-state index in [9.17, 15) is 31.1 Å². The molecule has 5 saturated heterocycles. The van der Waals surface area contributed by atoms with Gasteiger partial charge in [-0.2, -0.15) is 31.4 Å². The smallest absolute Gasteiger partial charge is 0.356 e. The molecule has 0 radical (unpaired) electrons. The maximum absolute atomic E-state index is 13.1. The summed E-state index contributed by atoms with van der Waals surface area (Å²) in [6.07, 6.45) is 48.7. The number of aliphatic imine (C=N–C) groups is 4. The molecule has 0 spiro atoms. The molecule has 2 aliphatic carbocycles. The Balaban J connectivity index is 0.000000103. The highest BCUT2D eigenvalue weighted by atomic mass is 79.9. The van der Waals surface area contributed by atoms with Crippen LogP contribution in [0.1, 0.15) is 112 Å². The molecule has 5 N–H and O–H groups in total. The number of aromatic nitrogens is 27. The van der Waals surface area contributed by atoms with Crippen molar-refractivity contribution in [2.24, 2.45) is 25.9 Å². The summed E-state index contributed by atoms with van der Waals surface area (Å²) in [5, 5.41) is 21.4. The maximum Gasteiger partial charge on any atom is 0.434 e. The van der Waals surface area contributed by atoms with E-state index in [4.69, 9.17) is 26.6 Å². The number of carbonyl (C=O) groups excluding carboxylic acids is 1. The normalized spacial score (nSPS) is 21.3. The number of nitrogens with zero attached hydrogens (tertiary/aromatic N) is 35. The molecule has 49 heteroatoms. The Hall–Kier alpha value is -16.0. The van der Waals surface area contributed by atoms with E-state index in [0.717, 1.165) is 187 Å². The molecule has 25 heterocycles. The van der Waals surface area contributed by atoms with E-state index >= 15 is 0 Å². The van der Waals surface area contributed by atoms with E-state index < -0.39 is 23.7 Å². The van der Waals surface area contributed by atoms with Gasteiger partial charge in [0.2, 0.25) is 5.91 Å². The van der Waals surface area contributed by atoms with Crippen molar-refractivity contribution in [1.82, 2.24) is 153 Å². The van der Waals surface area contributed by atoms with Gasteiger partial charge in [0.15, 0.2) is 68.7 Å². The van der Waals surface area contributed by atoms with E-state index in [1.165, 1.54) is 64.2 Å². The largest absolute Gasteiger partial charge is 0.434 e. The first-order valence-electron chi connectivity index (χ1n) is 49.5. The lowest BCUT2D eigenvalue weighted by molar-refractivity contribution is -0.142. The molecule has 27 rings (SSSR count). The Morgan fingerprint density at radius 2 is 0.840 bits per heavy atom. The maximum atomic E-state index is 13.1. The number of aromatic amines is 1. The number of fused-ring (bicyclic) bond motifs is 5. The van der Waals surface area contributed by atoms with Crippen molar-refractivity contribution in [2.75, 3.05) is 110 Å².